The monoisotopic (exact) mass is 181 g/mol. The van der Waals surface area contributed by atoms with E-state index in [-0.39, 0.29) is 0 Å². The van der Waals surface area contributed by atoms with Crippen LogP contribution in [-0.2, 0) is 0 Å². The summed E-state index contributed by atoms with van der Waals surface area (Å²) in [7, 11) is 0. The Kier molecular flexibility index (Phi) is 1.48. The second-order valence-electron chi connectivity index (χ2n) is 2.75. The predicted octanol–water partition coefficient (Wildman–Crippen LogP) is 2.11. The van der Waals surface area contributed by atoms with Crippen molar-refractivity contribution in [1.29, 1.82) is 0 Å². The summed E-state index contributed by atoms with van der Waals surface area (Å²) in [5.41, 5.74) is 8.02. The van der Waals surface area contributed by atoms with Crippen molar-refractivity contribution in [3.8, 4) is 0 Å². The van der Waals surface area contributed by atoms with Crippen LogP contribution < -0.4 is 5.73 Å². The molecule has 2 aromatic rings. The van der Waals surface area contributed by atoms with Gasteiger partial charge in [-0.2, -0.15) is 5.10 Å². The number of nitrogen functional groups attached to an aromatic ring is 1. The molecule has 0 atom stereocenters. The van der Waals surface area contributed by atoms with E-state index in [1.807, 2.05) is 6.92 Å². The maximum Gasteiger partial charge on any atom is 0.0959 e. The summed E-state index contributed by atoms with van der Waals surface area (Å²) >= 11 is 5.97. The molecule has 62 valence electrons. The Hall–Kier alpha value is -1.22. The normalized spacial score (nSPS) is 10.8. The third kappa shape index (κ3) is 0.940. The van der Waals surface area contributed by atoms with E-state index in [0.717, 1.165) is 16.6 Å². The maximum absolute atomic E-state index is 5.97. The van der Waals surface area contributed by atoms with Crippen LogP contribution in [0, 0.1) is 6.92 Å². The van der Waals surface area contributed by atoms with E-state index in [1.165, 1.54) is 0 Å². The van der Waals surface area contributed by atoms with E-state index in [2.05, 4.69) is 10.2 Å². The fraction of sp³-hybridized carbons (Fsp3) is 0.125. The summed E-state index contributed by atoms with van der Waals surface area (Å²) in [6.07, 6.45) is 0. The molecule has 0 unspecified atom stereocenters. The number of benzene rings is 1. The molecule has 3 nitrogen and oxygen atoms in total. The van der Waals surface area contributed by atoms with Gasteiger partial charge in [-0.1, -0.05) is 11.6 Å². The van der Waals surface area contributed by atoms with E-state index >= 15 is 0 Å². The van der Waals surface area contributed by atoms with Gasteiger partial charge in [0, 0.05) is 16.8 Å². The number of rotatable bonds is 0. The summed E-state index contributed by atoms with van der Waals surface area (Å²) < 4.78 is 0. The maximum atomic E-state index is 5.97. The lowest BCUT2D eigenvalue weighted by Crippen LogP contribution is -1.84. The topological polar surface area (TPSA) is 54.7 Å². The Labute approximate surface area is 74.5 Å². The number of nitrogens with zero attached hydrogens (tertiary/aromatic N) is 1. The molecule has 2 rings (SSSR count). The largest absolute Gasteiger partial charge is 0.399 e. The van der Waals surface area contributed by atoms with Crippen molar-refractivity contribution in [2.75, 3.05) is 5.73 Å². The molecule has 0 spiro atoms. The minimum atomic E-state index is 0.638. The zero-order valence-corrected chi connectivity index (χ0v) is 7.31. The Morgan fingerprint density at radius 1 is 1.50 bits per heavy atom. The SMILES string of the molecule is Cc1[nH]nc2cc(N)cc(Cl)c12. The standard InChI is InChI=1S/C8H8ClN3/c1-4-8-6(9)2-5(10)3-7(8)12-11-4/h2-3H,10H2,1H3,(H,11,12). The average molecular weight is 182 g/mol. The van der Waals surface area contributed by atoms with Crippen LogP contribution >= 0.6 is 11.6 Å². The summed E-state index contributed by atoms with van der Waals surface area (Å²) in [5.74, 6) is 0. The zero-order chi connectivity index (χ0) is 8.72. The summed E-state index contributed by atoms with van der Waals surface area (Å²) in [5, 5.41) is 8.50. The van der Waals surface area contributed by atoms with Crippen molar-refractivity contribution in [3.05, 3.63) is 22.8 Å². The number of halogens is 1. The van der Waals surface area contributed by atoms with Gasteiger partial charge in [0.05, 0.1) is 10.5 Å². The lowest BCUT2D eigenvalue weighted by atomic mass is 10.2. The Bertz CT molecular complexity index is 433. The van der Waals surface area contributed by atoms with Crippen LogP contribution in [0.3, 0.4) is 0 Å². The highest BCUT2D eigenvalue weighted by Crippen LogP contribution is 2.27. The van der Waals surface area contributed by atoms with Crippen LogP contribution in [0.1, 0.15) is 5.69 Å². The fourth-order valence-electron chi connectivity index (χ4n) is 1.27. The molecule has 0 aliphatic heterocycles. The molecule has 0 aliphatic rings. The van der Waals surface area contributed by atoms with Gasteiger partial charge in [-0.05, 0) is 19.1 Å². The second-order valence-corrected chi connectivity index (χ2v) is 3.15. The van der Waals surface area contributed by atoms with Crippen LogP contribution in [0.25, 0.3) is 10.9 Å². The van der Waals surface area contributed by atoms with E-state index in [4.69, 9.17) is 17.3 Å². The summed E-state index contributed by atoms with van der Waals surface area (Å²) in [6.45, 7) is 1.93. The number of aryl methyl sites for hydroxylation is 1. The molecule has 1 aromatic carbocycles. The van der Waals surface area contributed by atoms with Gasteiger partial charge in [-0.15, -0.1) is 0 Å². The molecule has 0 amide bonds. The first kappa shape index (κ1) is 7.43. The highest BCUT2D eigenvalue weighted by atomic mass is 35.5. The number of anilines is 1. The van der Waals surface area contributed by atoms with Crippen LogP contribution in [0.15, 0.2) is 12.1 Å². The first-order chi connectivity index (χ1) is 5.68. The fourth-order valence-corrected chi connectivity index (χ4v) is 1.64. The minimum absolute atomic E-state index is 0.638. The van der Waals surface area contributed by atoms with Crippen LogP contribution in [0.4, 0.5) is 5.69 Å². The van der Waals surface area contributed by atoms with Gasteiger partial charge >= 0.3 is 0 Å². The zero-order valence-electron chi connectivity index (χ0n) is 6.56. The number of aromatic amines is 1. The number of nitrogens with two attached hydrogens (primary N) is 1. The van der Waals surface area contributed by atoms with Gasteiger partial charge < -0.3 is 5.73 Å². The lowest BCUT2D eigenvalue weighted by molar-refractivity contribution is 1.07. The van der Waals surface area contributed by atoms with Crippen LogP contribution in [-0.4, -0.2) is 10.2 Å². The molecule has 12 heavy (non-hydrogen) atoms. The number of H-pyrrole nitrogens is 1. The van der Waals surface area contributed by atoms with E-state index in [0.29, 0.717) is 10.7 Å². The molecule has 4 heteroatoms. The van der Waals surface area contributed by atoms with Crippen molar-refractivity contribution in [2.24, 2.45) is 0 Å². The smallest absolute Gasteiger partial charge is 0.0959 e. The highest BCUT2D eigenvalue weighted by molar-refractivity contribution is 6.36. The molecule has 0 bridgehead atoms. The molecule has 0 fully saturated rings. The predicted molar refractivity (Wildman–Crippen MR) is 50.3 cm³/mol. The third-order valence-corrected chi connectivity index (χ3v) is 2.11. The van der Waals surface area contributed by atoms with Gasteiger partial charge in [0.25, 0.3) is 0 Å². The number of hydrogen-bond acceptors (Lipinski definition) is 2. The van der Waals surface area contributed by atoms with E-state index < -0.39 is 0 Å². The highest BCUT2D eigenvalue weighted by Gasteiger charge is 2.05. The number of fused-ring (bicyclic) bond motifs is 1. The summed E-state index contributed by atoms with van der Waals surface area (Å²) in [6, 6.07) is 3.52. The number of aromatic nitrogens is 2. The van der Waals surface area contributed by atoms with E-state index in [9.17, 15) is 0 Å². The van der Waals surface area contributed by atoms with Crippen molar-refractivity contribution in [3.63, 3.8) is 0 Å². The molecule has 0 saturated heterocycles. The average Bonchev–Trinajstić information content (AvgIpc) is 2.31. The van der Waals surface area contributed by atoms with Gasteiger partial charge in [0.15, 0.2) is 0 Å². The Balaban J connectivity index is 2.93. The van der Waals surface area contributed by atoms with Gasteiger partial charge in [0.1, 0.15) is 0 Å². The number of hydrogen-bond donors (Lipinski definition) is 2. The summed E-state index contributed by atoms with van der Waals surface area (Å²) in [4.78, 5) is 0. The van der Waals surface area contributed by atoms with Gasteiger partial charge in [-0.3, -0.25) is 5.10 Å². The molecule has 0 radical (unpaired) electrons. The van der Waals surface area contributed by atoms with Crippen molar-refractivity contribution < 1.29 is 0 Å². The first-order valence-electron chi connectivity index (χ1n) is 3.58. The van der Waals surface area contributed by atoms with Crippen molar-refractivity contribution in [1.82, 2.24) is 10.2 Å². The number of nitrogens with one attached hydrogen (secondary N) is 1. The molecular weight excluding hydrogens is 174 g/mol. The van der Waals surface area contributed by atoms with Crippen LogP contribution in [0.2, 0.25) is 5.02 Å². The Morgan fingerprint density at radius 2 is 2.25 bits per heavy atom. The van der Waals surface area contributed by atoms with Crippen molar-refractivity contribution in [2.45, 2.75) is 6.92 Å². The van der Waals surface area contributed by atoms with Gasteiger partial charge in [-0.25, -0.2) is 0 Å². The van der Waals surface area contributed by atoms with Crippen LogP contribution in [0.5, 0.6) is 0 Å². The first-order valence-corrected chi connectivity index (χ1v) is 3.96. The van der Waals surface area contributed by atoms with E-state index in [1.54, 1.807) is 12.1 Å². The van der Waals surface area contributed by atoms with Crippen molar-refractivity contribution >= 4 is 28.2 Å². The molecule has 1 heterocycles. The minimum Gasteiger partial charge on any atom is -0.399 e. The molecule has 0 aliphatic carbocycles. The Morgan fingerprint density at radius 3 is 3.00 bits per heavy atom. The third-order valence-electron chi connectivity index (χ3n) is 1.81. The second kappa shape index (κ2) is 2.38. The molecular formula is C8H8ClN3. The molecule has 0 saturated carbocycles. The molecule has 1 aromatic heterocycles. The van der Waals surface area contributed by atoms with Gasteiger partial charge in [0.2, 0.25) is 0 Å². The lowest BCUT2D eigenvalue weighted by Gasteiger charge is -1.96. The quantitative estimate of drug-likeness (QED) is 0.612. The molecule has 3 N–H and O–H groups in total.